The predicted molar refractivity (Wildman–Crippen MR) is 62.9 cm³/mol. The van der Waals surface area contributed by atoms with Gasteiger partial charge in [-0.05, 0) is 31.4 Å². The summed E-state index contributed by atoms with van der Waals surface area (Å²) in [6, 6.07) is 6.67. The Morgan fingerprint density at radius 1 is 1.33 bits per heavy atom. The molecule has 0 bridgehead atoms. The van der Waals surface area contributed by atoms with Crippen molar-refractivity contribution in [3.05, 3.63) is 41.1 Å². The first-order chi connectivity index (χ1) is 7.33. The number of hydrogen-bond acceptors (Lipinski definition) is 0. The van der Waals surface area contributed by atoms with Crippen molar-refractivity contribution < 1.29 is 0 Å². The molecule has 1 heterocycles. The lowest BCUT2D eigenvalue weighted by Gasteiger charge is -2.03. The lowest BCUT2D eigenvalue weighted by Crippen LogP contribution is -1.89. The summed E-state index contributed by atoms with van der Waals surface area (Å²) in [5, 5.41) is 1.40. The standard InChI is InChI=1S/C14H13N/c1-8-2-5-13-12(6-8)10-4-3-9-7-11(9)14(10)15-13/h2-6,9,11,15H,7H2,1H3. The molecule has 0 spiro atoms. The molecule has 2 unspecified atom stereocenters. The minimum atomic E-state index is 0.790. The molecule has 0 radical (unpaired) electrons. The third-order valence-corrected chi connectivity index (χ3v) is 3.75. The number of hydrogen-bond donors (Lipinski definition) is 1. The van der Waals surface area contributed by atoms with Crippen LogP contribution in [0.15, 0.2) is 24.3 Å². The molecule has 0 saturated heterocycles. The molecule has 1 aromatic carbocycles. The van der Waals surface area contributed by atoms with Crippen LogP contribution >= 0.6 is 0 Å². The Balaban J connectivity index is 2.11. The van der Waals surface area contributed by atoms with E-state index in [1.807, 2.05) is 0 Å². The zero-order chi connectivity index (χ0) is 9.99. The Hall–Kier alpha value is -1.50. The van der Waals surface area contributed by atoms with E-state index in [1.54, 1.807) is 0 Å². The number of aryl methyl sites for hydroxylation is 1. The van der Waals surface area contributed by atoms with Crippen LogP contribution in [-0.2, 0) is 0 Å². The van der Waals surface area contributed by atoms with Gasteiger partial charge in [0.1, 0.15) is 0 Å². The van der Waals surface area contributed by atoms with E-state index in [9.17, 15) is 0 Å². The number of fused-ring (bicyclic) bond motifs is 5. The molecule has 15 heavy (non-hydrogen) atoms. The molecule has 1 nitrogen and oxygen atoms in total. The van der Waals surface area contributed by atoms with Gasteiger partial charge in [0.2, 0.25) is 0 Å². The van der Waals surface area contributed by atoms with Gasteiger partial charge in [0.05, 0.1) is 0 Å². The molecule has 1 aromatic heterocycles. The highest BCUT2D eigenvalue weighted by Gasteiger charge is 2.41. The van der Waals surface area contributed by atoms with E-state index < -0.39 is 0 Å². The van der Waals surface area contributed by atoms with Gasteiger partial charge in [-0.2, -0.15) is 0 Å². The molecule has 1 heteroatoms. The molecule has 2 aliphatic carbocycles. The molecule has 2 aliphatic rings. The first kappa shape index (κ1) is 7.75. The Morgan fingerprint density at radius 3 is 3.20 bits per heavy atom. The summed E-state index contributed by atoms with van der Waals surface area (Å²) < 4.78 is 0. The summed E-state index contributed by atoms with van der Waals surface area (Å²) in [7, 11) is 0. The van der Waals surface area contributed by atoms with Crippen molar-refractivity contribution >= 4 is 17.0 Å². The van der Waals surface area contributed by atoms with Crippen LogP contribution in [0, 0.1) is 12.8 Å². The van der Waals surface area contributed by atoms with E-state index in [2.05, 4.69) is 42.3 Å². The van der Waals surface area contributed by atoms with Gasteiger partial charge in [0.15, 0.2) is 0 Å². The van der Waals surface area contributed by atoms with E-state index in [-0.39, 0.29) is 0 Å². The largest absolute Gasteiger partial charge is 0.358 e. The van der Waals surface area contributed by atoms with Gasteiger partial charge in [0.25, 0.3) is 0 Å². The van der Waals surface area contributed by atoms with Gasteiger partial charge in [-0.1, -0.05) is 23.8 Å². The molecule has 1 saturated carbocycles. The summed E-state index contributed by atoms with van der Waals surface area (Å²) in [5.41, 5.74) is 5.55. The second-order valence-electron chi connectivity index (χ2n) is 4.87. The van der Waals surface area contributed by atoms with Crippen molar-refractivity contribution in [3.63, 3.8) is 0 Å². The number of H-pyrrole nitrogens is 1. The van der Waals surface area contributed by atoms with Crippen LogP contribution in [0.1, 0.15) is 29.2 Å². The van der Waals surface area contributed by atoms with Gasteiger partial charge < -0.3 is 4.98 Å². The van der Waals surface area contributed by atoms with Crippen molar-refractivity contribution in [3.8, 4) is 0 Å². The number of nitrogens with one attached hydrogen (secondary N) is 1. The average Bonchev–Trinajstić information content (AvgIpc) is 2.94. The molecule has 0 amide bonds. The van der Waals surface area contributed by atoms with Crippen LogP contribution in [0.5, 0.6) is 0 Å². The fourth-order valence-electron chi connectivity index (χ4n) is 2.80. The molecule has 4 rings (SSSR count). The fraction of sp³-hybridized carbons (Fsp3) is 0.286. The average molecular weight is 195 g/mol. The van der Waals surface area contributed by atoms with Crippen LogP contribution in [0.3, 0.4) is 0 Å². The number of aromatic amines is 1. The van der Waals surface area contributed by atoms with Gasteiger partial charge in [0, 0.05) is 28.1 Å². The van der Waals surface area contributed by atoms with Gasteiger partial charge in [-0.15, -0.1) is 0 Å². The first-order valence-corrected chi connectivity index (χ1v) is 5.63. The maximum absolute atomic E-state index is 3.58. The maximum Gasteiger partial charge on any atom is 0.0462 e. The summed E-state index contributed by atoms with van der Waals surface area (Å²) >= 11 is 0. The Morgan fingerprint density at radius 2 is 2.27 bits per heavy atom. The summed E-state index contributed by atoms with van der Waals surface area (Å²) in [5.74, 6) is 1.62. The van der Waals surface area contributed by atoms with Crippen LogP contribution < -0.4 is 0 Å². The lowest BCUT2D eigenvalue weighted by molar-refractivity contribution is 0.962. The normalized spacial score (nSPS) is 26.5. The Kier molecular flexibility index (Phi) is 1.22. The van der Waals surface area contributed by atoms with Gasteiger partial charge in [-0.25, -0.2) is 0 Å². The highest BCUT2D eigenvalue weighted by atomic mass is 14.8. The van der Waals surface area contributed by atoms with Crippen LogP contribution in [0.2, 0.25) is 0 Å². The van der Waals surface area contributed by atoms with E-state index in [0.717, 1.165) is 11.8 Å². The summed E-state index contributed by atoms with van der Waals surface area (Å²) in [4.78, 5) is 3.58. The first-order valence-electron chi connectivity index (χ1n) is 5.63. The molecular formula is C14H13N. The third-order valence-electron chi connectivity index (χ3n) is 3.75. The summed E-state index contributed by atoms with van der Waals surface area (Å²) in [6.45, 7) is 2.16. The minimum Gasteiger partial charge on any atom is -0.358 e. The number of allylic oxidation sites excluding steroid dienone is 1. The summed E-state index contributed by atoms with van der Waals surface area (Å²) in [6.07, 6.45) is 6.03. The predicted octanol–water partition coefficient (Wildman–Crippen LogP) is 3.61. The highest BCUT2D eigenvalue weighted by molar-refractivity contribution is 5.92. The van der Waals surface area contributed by atoms with Crippen LogP contribution in [0.4, 0.5) is 0 Å². The lowest BCUT2D eigenvalue weighted by atomic mass is 10.0. The van der Waals surface area contributed by atoms with E-state index >= 15 is 0 Å². The zero-order valence-corrected chi connectivity index (χ0v) is 8.75. The molecule has 74 valence electrons. The van der Waals surface area contributed by atoms with Crippen molar-refractivity contribution in [1.82, 2.24) is 4.98 Å². The smallest absolute Gasteiger partial charge is 0.0462 e. The number of benzene rings is 1. The van der Waals surface area contributed by atoms with Crippen LogP contribution in [-0.4, -0.2) is 4.98 Å². The second-order valence-corrected chi connectivity index (χ2v) is 4.87. The third kappa shape index (κ3) is 0.930. The topological polar surface area (TPSA) is 15.8 Å². The van der Waals surface area contributed by atoms with E-state index in [4.69, 9.17) is 0 Å². The van der Waals surface area contributed by atoms with E-state index in [0.29, 0.717) is 0 Å². The van der Waals surface area contributed by atoms with Gasteiger partial charge in [-0.3, -0.25) is 0 Å². The number of rotatable bonds is 0. The minimum absolute atomic E-state index is 0.790. The Labute approximate surface area is 88.8 Å². The number of aromatic nitrogens is 1. The monoisotopic (exact) mass is 195 g/mol. The molecule has 1 fully saturated rings. The highest BCUT2D eigenvalue weighted by Crippen LogP contribution is 2.53. The fourth-order valence-corrected chi connectivity index (χ4v) is 2.80. The van der Waals surface area contributed by atoms with Crippen molar-refractivity contribution in [1.29, 1.82) is 0 Å². The van der Waals surface area contributed by atoms with Crippen molar-refractivity contribution in [2.75, 3.05) is 0 Å². The van der Waals surface area contributed by atoms with E-state index in [1.165, 1.54) is 34.1 Å². The van der Waals surface area contributed by atoms with Crippen LogP contribution in [0.25, 0.3) is 17.0 Å². The quantitative estimate of drug-likeness (QED) is 0.661. The Bertz CT molecular complexity index is 589. The molecular weight excluding hydrogens is 182 g/mol. The van der Waals surface area contributed by atoms with Crippen molar-refractivity contribution in [2.45, 2.75) is 19.3 Å². The zero-order valence-electron chi connectivity index (χ0n) is 8.75. The molecule has 2 atom stereocenters. The molecule has 0 aliphatic heterocycles. The maximum atomic E-state index is 3.58. The van der Waals surface area contributed by atoms with Gasteiger partial charge >= 0.3 is 0 Å². The second kappa shape index (κ2) is 2.35. The van der Waals surface area contributed by atoms with Crippen molar-refractivity contribution in [2.24, 2.45) is 5.92 Å². The SMILES string of the molecule is Cc1ccc2[nH]c3c(c2c1)C=CC1CC31. The molecule has 1 N–H and O–H groups in total. The molecule has 2 aromatic rings.